The smallest absolute Gasteiger partial charge is 0.326 e. The molecule has 3 saturated heterocycles. The number of cyclic esters (lactones) is 2. The Morgan fingerprint density at radius 2 is 1.67 bits per heavy atom. The summed E-state index contributed by atoms with van der Waals surface area (Å²) in [6, 6.07) is 0.0819. The lowest BCUT2D eigenvalue weighted by atomic mass is 9.68. The van der Waals surface area contributed by atoms with Crippen molar-refractivity contribution in [3.05, 3.63) is 0 Å². The molecule has 0 aromatic rings. The maximum Gasteiger partial charge on any atom is 0.326 e. The fourth-order valence-electron chi connectivity index (χ4n) is 5.04. The van der Waals surface area contributed by atoms with Crippen LogP contribution in [0.15, 0.2) is 0 Å². The van der Waals surface area contributed by atoms with Crippen molar-refractivity contribution < 1.29 is 19.1 Å². The van der Waals surface area contributed by atoms with Crippen molar-refractivity contribution in [3.63, 3.8) is 0 Å². The first-order valence-electron chi connectivity index (χ1n) is 8.29. The molecule has 0 amide bonds. The summed E-state index contributed by atoms with van der Waals surface area (Å²) in [7, 11) is 0. The molecule has 0 radical (unpaired) electrons. The van der Waals surface area contributed by atoms with Crippen LogP contribution in [0.5, 0.6) is 0 Å². The molecule has 1 N–H and O–H groups in total. The molecule has 3 aliphatic heterocycles. The van der Waals surface area contributed by atoms with E-state index in [-0.39, 0.29) is 18.0 Å². The minimum absolute atomic E-state index is 0.0819. The number of nitrogens with one attached hydrogen (secondary N) is 1. The largest absolute Gasteiger partial charge is 0.465 e. The molecule has 116 valence electrons. The average molecular weight is 293 g/mol. The molecule has 3 atom stereocenters. The minimum Gasteiger partial charge on any atom is -0.465 e. The van der Waals surface area contributed by atoms with Gasteiger partial charge in [-0.3, -0.25) is 14.9 Å². The zero-order valence-electron chi connectivity index (χ0n) is 12.4. The van der Waals surface area contributed by atoms with Crippen LogP contribution >= 0.6 is 0 Å². The van der Waals surface area contributed by atoms with Gasteiger partial charge in [0, 0.05) is 12.5 Å². The Kier molecular flexibility index (Phi) is 3.03. The lowest BCUT2D eigenvalue weighted by molar-refractivity contribution is -0.147. The van der Waals surface area contributed by atoms with Crippen LogP contribution in [0.1, 0.15) is 51.4 Å². The monoisotopic (exact) mass is 293 g/mol. The maximum absolute atomic E-state index is 12.5. The van der Waals surface area contributed by atoms with E-state index < -0.39 is 11.0 Å². The predicted molar refractivity (Wildman–Crippen MR) is 74.4 cm³/mol. The van der Waals surface area contributed by atoms with Crippen molar-refractivity contribution in [1.82, 2.24) is 5.32 Å². The highest BCUT2D eigenvalue weighted by Crippen LogP contribution is 2.53. The van der Waals surface area contributed by atoms with E-state index >= 15 is 0 Å². The molecule has 2 spiro atoms. The van der Waals surface area contributed by atoms with Crippen molar-refractivity contribution in [2.24, 2.45) is 11.3 Å². The number of hydrogen-bond acceptors (Lipinski definition) is 5. The van der Waals surface area contributed by atoms with Crippen LogP contribution < -0.4 is 5.32 Å². The molecule has 0 aromatic carbocycles. The highest BCUT2D eigenvalue weighted by molar-refractivity contribution is 5.88. The van der Waals surface area contributed by atoms with E-state index in [9.17, 15) is 9.59 Å². The third kappa shape index (κ3) is 1.86. The van der Waals surface area contributed by atoms with E-state index in [4.69, 9.17) is 9.47 Å². The van der Waals surface area contributed by atoms with Crippen LogP contribution in [0.4, 0.5) is 0 Å². The Bertz CT molecular complexity index is 473. The molecular weight excluding hydrogens is 270 g/mol. The summed E-state index contributed by atoms with van der Waals surface area (Å²) in [6.07, 6.45) is 8.04. The highest BCUT2D eigenvalue weighted by atomic mass is 16.5. The molecular formula is C16H23NO4. The lowest BCUT2D eigenvalue weighted by Crippen LogP contribution is -2.50. The zero-order valence-corrected chi connectivity index (χ0v) is 12.4. The highest BCUT2D eigenvalue weighted by Gasteiger charge is 2.66. The molecule has 4 rings (SSSR count). The normalized spacial score (nSPS) is 43.7. The van der Waals surface area contributed by atoms with Gasteiger partial charge in [0.05, 0.1) is 18.6 Å². The fourth-order valence-corrected chi connectivity index (χ4v) is 5.04. The molecule has 4 fully saturated rings. The van der Waals surface area contributed by atoms with Crippen LogP contribution in [-0.2, 0) is 19.1 Å². The van der Waals surface area contributed by atoms with Crippen LogP contribution in [0.3, 0.4) is 0 Å². The Balaban J connectivity index is 1.68. The lowest BCUT2D eigenvalue weighted by Gasteiger charge is -2.35. The summed E-state index contributed by atoms with van der Waals surface area (Å²) in [5, 5.41) is 3.57. The molecule has 4 aliphatic rings. The quantitative estimate of drug-likeness (QED) is 0.743. The van der Waals surface area contributed by atoms with E-state index in [1.54, 1.807) is 0 Å². The van der Waals surface area contributed by atoms with E-state index in [0.717, 1.165) is 19.3 Å². The summed E-state index contributed by atoms with van der Waals surface area (Å²) < 4.78 is 10.5. The molecule has 5 heteroatoms. The van der Waals surface area contributed by atoms with E-state index in [0.29, 0.717) is 32.0 Å². The van der Waals surface area contributed by atoms with Crippen molar-refractivity contribution in [3.8, 4) is 0 Å². The van der Waals surface area contributed by atoms with Gasteiger partial charge in [0.1, 0.15) is 5.54 Å². The topological polar surface area (TPSA) is 64.6 Å². The first-order chi connectivity index (χ1) is 10.2. The van der Waals surface area contributed by atoms with Crippen LogP contribution in [0.2, 0.25) is 0 Å². The summed E-state index contributed by atoms with van der Waals surface area (Å²) >= 11 is 0. The molecule has 0 unspecified atom stereocenters. The zero-order chi connectivity index (χ0) is 14.5. The van der Waals surface area contributed by atoms with Crippen molar-refractivity contribution in [2.75, 3.05) is 13.2 Å². The van der Waals surface area contributed by atoms with Crippen molar-refractivity contribution >= 4 is 11.9 Å². The Labute approximate surface area is 124 Å². The Morgan fingerprint density at radius 1 is 0.952 bits per heavy atom. The van der Waals surface area contributed by atoms with Gasteiger partial charge >= 0.3 is 11.9 Å². The summed E-state index contributed by atoms with van der Waals surface area (Å²) in [5.41, 5.74) is -1.13. The van der Waals surface area contributed by atoms with Gasteiger partial charge in [-0.25, -0.2) is 0 Å². The third-order valence-electron chi connectivity index (χ3n) is 6.11. The summed E-state index contributed by atoms with van der Waals surface area (Å²) in [6.45, 7) is 0.962. The SMILES string of the molecule is O=C1OCC[C@@]12C[C@@]1(CCOC1=O)[C@@H](C1CCCCC1)N2. The second-order valence-corrected chi connectivity index (χ2v) is 7.21. The van der Waals surface area contributed by atoms with E-state index in [1.807, 2.05) is 0 Å². The Hall–Kier alpha value is -1.10. The first kappa shape index (κ1) is 13.6. The van der Waals surface area contributed by atoms with E-state index in [2.05, 4.69) is 5.32 Å². The molecule has 1 aliphatic carbocycles. The Morgan fingerprint density at radius 3 is 2.29 bits per heavy atom. The number of carbonyl (C=O) groups excluding carboxylic acids is 2. The summed E-state index contributed by atoms with van der Waals surface area (Å²) in [4.78, 5) is 24.7. The van der Waals surface area contributed by atoms with Crippen molar-refractivity contribution in [1.29, 1.82) is 0 Å². The standard InChI is InChI=1S/C16H23NO4/c18-13-15(6-8-20-13)10-16(7-9-21-14(16)19)17-12(15)11-4-2-1-3-5-11/h11-12,17H,1-10H2/t12-,15+,16-/m1/s1. The number of esters is 2. The minimum atomic E-state index is -0.633. The average Bonchev–Trinajstić information content (AvgIpc) is 3.14. The summed E-state index contributed by atoms with van der Waals surface area (Å²) in [5.74, 6) is 0.221. The molecule has 0 aromatic heterocycles. The van der Waals surface area contributed by atoms with Gasteiger partial charge in [-0.15, -0.1) is 0 Å². The molecule has 21 heavy (non-hydrogen) atoms. The van der Waals surface area contributed by atoms with Gasteiger partial charge in [-0.2, -0.15) is 0 Å². The van der Waals surface area contributed by atoms with Crippen LogP contribution in [0.25, 0.3) is 0 Å². The maximum atomic E-state index is 12.5. The number of ether oxygens (including phenoxy) is 2. The number of carbonyl (C=O) groups is 2. The molecule has 0 bridgehead atoms. The first-order valence-corrected chi connectivity index (χ1v) is 8.29. The van der Waals surface area contributed by atoms with Crippen molar-refractivity contribution in [2.45, 2.75) is 62.9 Å². The number of rotatable bonds is 1. The van der Waals surface area contributed by atoms with Gasteiger partial charge < -0.3 is 9.47 Å². The van der Waals surface area contributed by atoms with Gasteiger partial charge in [-0.1, -0.05) is 19.3 Å². The second-order valence-electron chi connectivity index (χ2n) is 7.21. The van der Waals surface area contributed by atoms with Crippen LogP contribution in [-0.4, -0.2) is 36.7 Å². The van der Waals surface area contributed by atoms with Gasteiger partial charge in [0.2, 0.25) is 0 Å². The number of hydrogen-bond donors (Lipinski definition) is 1. The molecule has 3 heterocycles. The van der Waals surface area contributed by atoms with Gasteiger partial charge in [0.25, 0.3) is 0 Å². The van der Waals surface area contributed by atoms with E-state index in [1.165, 1.54) is 19.3 Å². The van der Waals surface area contributed by atoms with Gasteiger partial charge in [-0.05, 0) is 31.6 Å². The molecule has 5 nitrogen and oxygen atoms in total. The fraction of sp³-hybridized carbons (Fsp3) is 0.875. The van der Waals surface area contributed by atoms with Crippen LogP contribution in [0, 0.1) is 11.3 Å². The predicted octanol–water partition coefficient (Wildman–Crippen LogP) is 1.55. The second kappa shape index (κ2) is 4.70. The molecule has 1 saturated carbocycles. The van der Waals surface area contributed by atoms with Gasteiger partial charge in [0.15, 0.2) is 0 Å². The third-order valence-corrected chi connectivity index (χ3v) is 6.11.